The number of rotatable bonds is 3. The van der Waals surface area contributed by atoms with Gasteiger partial charge in [0.1, 0.15) is 6.54 Å². The molecular formula is C9H12BrN3O2. The Morgan fingerprint density at radius 1 is 1.73 bits per heavy atom. The Bertz CT molecular complexity index is 370. The fourth-order valence-corrected chi connectivity index (χ4v) is 1.45. The lowest BCUT2D eigenvalue weighted by Crippen LogP contribution is -2.27. The van der Waals surface area contributed by atoms with Crippen molar-refractivity contribution in [3.63, 3.8) is 0 Å². The Labute approximate surface area is 96.4 Å². The molecule has 0 aliphatic rings. The number of methoxy groups -OCH3 is 1. The first-order chi connectivity index (χ1) is 7.04. The summed E-state index contributed by atoms with van der Waals surface area (Å²) in [6.07, 6.45) is 1.62. The number of hydrogen-bond donors (Lipinski definition) is 1. The topological polar surface area (TPSA) is 68.5 Å². The first-order valence-corrected chi connectivity index (χ1v) is 5.03. The molecular weight excluding hydrogens is 262 g/mol. The van der Waals surface area contributed by atoms with Crippen molar-refractivity contribution in [2.45, 2.75) is 0 Å². The van der Waals surface area contributed by atoms with Gasteiger partial charge in [0.2, 0.25) is 0 Å². The van der Waals surface area contributed by atoms with Gasteiger partial charge in [-0.25, -0.2) is 4.98 Å². The highest BCUT2D eigenvalue weighted by atomic mass is 79.9. The monoisotopic (exact) mass is 273 g/mol. The maximum Gasteiger partial charge on any atom is 0.325 e. The van der Waals surface area contributed by atoms with Crippen molar-refractivity contribution in [1.82, 2.24) is 4.98 Å². The van der Waals surface area contributed by atoms with Crippen LogP contribution in [0.15, 0.2) is 16.7 Å². The van der Waals surface area contributed by atoms with Gasteiger partial charge in [-0.2, -0.15) is 0 Å². The van der Waals surface area contributed by atoms with Crippen LogP contribution in [0.4, 0.5) is 11.5 Å². The highest BCUT2D eigenvalue weighted by Gasteiger charge is 2.11. The molecule has 5 nitrogen and oxygen atoms in total. The number of pyridine rings is 1. The van der Waals surface area contributed by atoms with E-state index in [1.54, 1.807) is 24.2 Å². The zero-order valence-electron chi connectivity index (χ0n) is 8.53. The maximum atomic E-state index is 11.0. The van der Waals surface area contributed by atoms with Crippen LogP contribution in [0.2, 0.25) is 0 Å². The molecule has 0 saturated heterocycles. The van der Waals surface area contributed by atoms with Gasteiger partial charge in [-0.15, -0.1) is 0 Å². The largest absolute Gasteiger partial charge is 0.468 e. The second-order valence-electron chi connectivity index (χ2n) is 3.00. The summed E-state index contributed by atoms with van der Waals surface area (Å²) in [5, 5.41) is 0. The molecule has 2 N–H and O–H groups in total. The first-order valence-electron chi connectivity index (χ1n) is 4.23. The standard InChI is InChI=1S/C9H12BrN3O2/c1-13(5-8(14)15-2)9-7(11)3-6(10)4-12-9/h3-4H,5,11H2,1-2H3. The van der Waals surface area contributed by atoms with Crippen molar-refractivity contribution >= 4 is 33.4 Å². The molecule has 0 spiro atoms. The third-order valence-electron chi connectivity index (χ3n) is 1.82. The molecule has 1 heterocycles. The van der Waals surface area contributed by atoms with E-state index in [9.17, 15) is 4.79 Å². The molecule has 0 aliphatic heterocycles. The summed E-state index contributed by atoms with van der Waals surface area (Å²) in [4.78, 5) is 16.8. The second-order valence-corrected chi connectivity index (χ2v) is 3.91. The summed E-state index contributed by atoms with van der Waals surface area (Å²) >= 11 is 3.26. The smallest absolute Gasteiger partial charge is 0.325 e. The number of likely N-dealkylation sites (N-methyl/N-ethyl adjacent to an activating group) is 1. The Morgan fingerprint density at radius 3 is 2.93 bits per heavy atom. The summed E-state index contributed by atoms with van der Waals surface area (Å²) in [5.74, 6) is 0.227. The predicted octanol–water partition coefficient (Wildman–Crippen LogP) is 1.04. The van der Waals surface area contributed by atoms with Crippen molar-refractivity contribution in [3.05, 3.63) is 16.7 Å². The summed E-state index contributed by atoms with van der Waals surface area (Å²) in [7, 11) is 3.07. The number of aromatic nitrogens is 1. The number of esters is 1. The number of hydrogen-bond acceptors (Lipinski definition) is 5. The Kier molecular flexibility index (Phi) is 3.90. The molecule has 1 aromatic heterocycles. The number of carbonyl (C=O) groups excluding carboxylic acids is 1. The Morgan fingerprint density at radius 2 is 2.40 bits per heavy atom. The van der Waals surface area contributed by atoms with Crippen molar-refractivity contribution < 1.29 is 9.53 Å². The van der Waals surface area contributed by atoms with Gasteiger partial charge in [-0.3, -0.25) is 4.79 Å². The van der Waals surface area contributed by atoms with Gasteiger partial charge in [0, 0.05) is 17.7 Å². The maximum absolute atomic E-state index is 11.0. The molecule has 82 valence electrons. The lowest BCUT2D eigenvalue weighted by Gasteiger charge is -2.18. The van der Waals surface area contributed by atoms with E-state index in [4.69, 9.17) is 5.73 Å². The molecule has 0 fully saturated rings. The van der Waals surface area contributed by atoms with Crippen LogP contribution in [0.3, 0.4) is 0 Å². The molecule has 0 radical (unpaired) electrons. The van der Waals surface area contributed by atoms with E-state index < -0.39 is 0 Å². The van der Waals surface area contributed by atoms with Crippen LogP contribution in [0.5, 0.6) is 0 Å². The third-order valence-corrected chi connectivity index (χ3v) is 2.25. The Balaban J connectivity index is 2.82. The van der Waals surface area contributed by atoms with Crippen molar-refractivity contribution in [2.75, 3.05) is 31.3 Å². The van der Waals surface area contributed by atoms with Crippen molar-refractivity contribution in [1.29, 1.82) is 0 Å². The fourth-order valence-electron chi connectivity index (χ4n) is 1.10. The summed E-state index contributed by atoms with van der Waals surface area (Å²) in [5.41, 5.74) is 6.26. The van der Waals surface area contributed by atoms with Crippen LogP contribution in [-0.4, -0.2) is 31.7 Å². The summed E-state index contributed by atoms with van der Waals surface area (Å²) < 4.78 is 5.35. The molecule has 0 bridgehead atoms. The highest BCUT2D eigenvalue weighted by Crippen LogP contribution is 2.22. The number of nitrogens with two attached hydrogens (primary N) is 1. The number of ether oxygens (including phenoxy) is 1. The third kappa shape index (κ3) is 3.09. The van der Waals surface area contributed by atoms with E-state index in [-0.39, 0.29) is 12.5 Å². The average Bonchev–Trinajstić information content (AvgIpc) is 2.17. The molecule has 1 rings (SSSR count). The molecule has 0 aromatic carbocycles. The second kappa shape index (κ2) is 4.97. The average molecular weight is 274 g/mol. The summed E-state index contributed by atoms with van der Waals surface area (Å²) in [6, 6.07) is 1.73. The lowest BCUT2D eigenvalue weighted by atomic mass is 10.3. The van der Waals surface area contributed by atoms with Gasteiger partial charge in [0.05, 0.1) is 12.8 Å². The van der Waals surface area contributed by atoms with Gasteiger partial charge in [0.25, 0.3) is 0 Å². The van der Waals surface area contributed by atoms with Gasteiger partial charge < -0.3 is 15.4 Å². The van der Waals surface area contributed by atoms with Crippen LogP contribution >= 0.6 is 15.9 Å². The van der Waals surface area contributed by atoms with E-state index in [0.717, 1.165) is 4.47 Å². The molecule has 0 aliphatic carbocycles. The minimum Gasteiger partial charge on any atom is -0.468 e. The van der Waals surface area contributed by atoms with E-state index >= 15 is 0 Å². The zero-order chi connectivity index (χ0) is 11.4. The van der Waals surface area contributed by atoms with Gasteiger partial charge in [0.15, 0.2) is 5.82 Å². The normalized spacial score (nSPS) is 9.80. The highest BCUT2D eigenvalue weighted by molar-refractivity contribution is 9.10. The number of halogens is 1. The van der Waals surface area contributed by atoms with Crippen LogP contribution in [0.25, 0.3) is 0 Å². The van der Waals surface area contributed by atoms with Crippen LogP contribution < -0.4 is 10.6 Å². The van der Waals surface area contributed by atoms with E-state index in [1.165, 1.54) is 7.11 Å². The quantitative estimate of drug-likeness (QED) is 0.834. The molecule has 0 saturated carbocycles. The fraction of sp³-hybridized carbons (Fsp3) is 0.333. The SMILES string of the molecule is COC(=O)CN(C)c1ncc(Br)cc1N. The van der Waals surface area contributed by atoms with E-state index in [0.29, 0.717) is 11.5 Å². The van der Waals surface area contributed by atoms with Crippen molar-refractivity contribution in [3.8, 4) is 0 Å². The van der Waals surface area contributed by atoms with Crippen LogP contribution in [-0.2, 0) is 9.53 Å². The van der Waals surface area contributed by atoms with Crippen LogP contribution in [0, 0.1) is 0 Å². The molecule has 6 heteroatoms. The molecule has 1 aromatic rings. The van der Waals surface area contributed by atoms with Gasteiger partial charge >= 0.3 is 5.97 Å². The number of carbonyl (C=O) groups is 1. The predicted molar refractivity (Wildman–Crippen MR) is 61.6 cm³/mol. The first kappa shape index (κ1) is 11.8. The lowest BCUT2D eigenvalue weighted by molar-refractivity contribution is -0.138. The zero-order valence-corrected chi connectivity index (χ0v) is 10.1. The van der Waals surface area contributed by atoms with Crippen LogP contribution in [0.1, 0.15) is 0 Å². The minimum absolute atomic E-state index is 0.120. The minimum atomic E-state index is -0.332. The molecule has 0 amide bonds. The Hall–Kier alpha value is -1.30. The van der Waals surface area contributed by atoms with E-state index in [2.05, 4.69) is 25.7 Å². The molecule has 15 heavy (non-hydrogen) atoms. The van der Waals surface area contributed by atoms with Gasteiger partial charge in [-0.1, -0.05) is 0 Å². The van der Waals surface area contributed by atoms with Gasteiger partial charge in [-0.05, 0) is 22.0 Å². The van der Waals surface area contributed by atoms with E-state index in [1.807, 2.05) is 0 Å². The molecule has 0 atom stereocenters. The van der Waals surface area contributed by atoms with Crippen molar-refractivity contribution in [2.24, 2.45) is 0 Å². The number of nitrogen functional groups attached to an aromatic ring is 1. The number of nitrogens with zero attached hydrogens (tertiary/aromatic N) is 2. The molecule has 0 unspecified atom stereocenters. The number of anilines is 2. The summed E-state index contributed by atoms with van der Waals surface area (Å²) in [6.45, 7) is 0.120.